The molecular formula is CH6Cl2Si. The van der Waals surface area contributed by atoms with Crippen LogP contribution in [0.2, 0.25) is 0 Å². The molecule has 0 aliphatic heterocycles. The Morgan fingerprint density at radius 3 is 1.25 bits per heavy atom. The summed E-state index contributed by atoms with van der Waals surface area (Å²) in [6.07, 6.45) is 0. The fourth-order valence-electron chi connectivity index (χ4n) is 0. The maximum atomic E-state index is 4.90. The van der Waals surface area contributed by atoms with Gasteiger partial charge >= 0.3 is 0 Å². The van der Waals surface area contributed by atoms with Gasteiger partial charge in [0.2, 0.25) is 8.14 Å². The van der Waals surface area contributed by atoms with Crippen molar-refractivity contribution in [1.29, 1.82) is 0 Å². The van der Waals surface area contributed by atoms with Gasteiger partial charge in [0.15, 0.2) is 0 Å². The van der Waals surface area contributed by atoms with Gasteiger partial charge in [-0.3, -0.25) is 0 Å². The van der Waals surface area contributed by atoms with Crippen LogP contribution in [0.1, 0.15) is 7.43 Å². The molecule has 0 aromatic heterocycles. The summed E-state index contributed by atoms with van der Waals surface area (Å²) in [5, 5.41) is 0. The van der Waals surface area contributed by atoms with E-state index in [4.69, 9.17) is 22.2 Å². The summed E-state index contributed by atoms with van der Waals surface area (Å²) in [5.41, 5.74) is 0. The number of hydrogen-bond donors (Lipinski definition) is 0. The van der Waals surface area contributed by atoms with Gasteiger partial charge < -0.3 is 0 Å². The molecule has 0 saturated heterocycles. The first-order chi connectivity index (χ1) is 1.41. The number of hydrogen-bond acceptors (Lipinski definition) is 0. The Bertz CT molecular complexity index is 6.00. The molecule has 0 spiro atoms. The molecule has 0 radical (unpaired) electrons. The second-order valence-electron chi connectivity index (χ2n) is 0.101. The van der Waals surface area contributed by atoms with Crippen LogP contribution in [0, 0.1) is 0 Å². The van der Waals surface area contributed by atoms with Crippen LogP contribution in [-0.2, 0) is 0 Å². The summed E-state index contributed by atoms with van der Waals surface area (Å²) in [6, 6.07) is 0. The van der Waals surface area contributed by atoms with Crippen molar-refractivity contribution in [2.24, 2.45) is 0 Å². The van der Waals surface area contributed by atoms with E-state index in [1.807, 2.05) is 0 Å². The van der Waals surface area contributed by atoms with E-state index in [0.29, 0.717) is 0 Å². The highest BCUT2D eigenvalue weighted by Gasteiger charge is 1.46. The lowest BCUT2D eigenvalue weighted by Gasteiger charge is -1.39. The van der Waals surface area contributed by atoms with Gasteiger partial charge in [0.05, 0.1) is 0 Å². The second kappa shape index (κ2) is 9.20. The van der Waals surface area contributed by atoms with E-state index >= 15 is 0 Å². The smallest absolute Gasteiger partial charge is 0.155 e. The van der Waals surface area contributed by atoms with E-state index in [1.54, 1.807) is 0 Å². The molecule has 28 valence electrons. The molecule has 0 nitrogen and oxygen atoms in total. The first-order valence-corrected chi connectivity index (χ1v) is 4.81. The average molecular weight is 117 g/mol. The SMILES string of the molecule is C.Cl[SiH2]Cl. The van der Waals surface area contributed by atoms with Gasteiger partial charge in [0, 0.05) is 0 Å². The summed E-state index contributed by atoms with van der Waals surface area (Å²) >= 11 is 9.81. The topological polar surface area (TPSA) is 0 Å². The number of halogens is 2. The Morgan fingerprint density at radius 1 is 1.25 bits per heavy atom. The van der Waals surface area contributed by atoms with Crippen LogP contribution < -0.4 is 0 Å². The zero-order chi connectivity index (χ0) is 2.71. The highest BCUT2D eigenvalue weighted by Crippen LogP contribution is 1.67. The van der Waals surface area contributed by atoms with Crippen LogP contribution in [0.15, 0.2) is 0 Å². The maximum Gasteiger partial charge on any atom is 0.222 e. The second-order valence-corrected chi connectivity index (χ2v) is 2.73. The monoisotopic (exact) mass is 116 g/mol. The number of rotatable bonds is 0. The third-order valence-electron chi connectivity index (χ3n) is 0. The third-order valence-corrected chi connectivity index (χ3v) is 0. The molecule has 0 aliphatic rings. The van der Waals surface area contributed by atoms with Crippen molar-refractivity contribution < 1.29 is 0 Å². The summed E-state index contributed by atoms with van der Waals surface area (Å²) < 4.78 is 0. The highest BCUT2D eigenvalue weighted by molar-refractivity contribution is 7.22. The first-order valence-electron chi connectivity index (χ1n) is 0.535. The standard InChI is InChI=1S/CH4.Cl2H2Si/c;1-3-2/h1H4;3H2. The first kappa shape index (κ1) is 8.84. The lowest BCUT2D eigenvalue weighted by molar-refractivity contribution is 2.50. The van der Waals surface area contributed by atoms with Crippen molar-refractivity contribution in [2.75, 3.05) is 0 Å². The van der Waals surface area contributed by atoms with Crippen LogP contribution in [-0.4, -0.2) is 8.14 Å². The van der Waals surface area contributed by atoms with Crippen molar-refractivity contribution in [1.82, 2.24) is 0 Å². The van der Waals surface area contributed by atoms with Gasteiger partial charge in [-0.25, -0.2) is 0 Å². The molecule has 0 N–H and O–H groups in total. The van der Waals surface area contributed by atoms with Gasteiger partial charge in [-0.15, -0.1) is 0 Å². The lowest BCUT2D eigenvalue weighted by atomic mass is 12.0. The maximum absolute atomic E-state index is 4.90. The van der Waals surface area contributed by atoms with E-state index in [0.717, 1.165) is 0 Å². The molecule has 0 aromatic rings. The fourth-order valence-corrected chi connectivity index (χ4v) is 0. The van der Waals surface area contributed by atoms with Gasteiger partial charge in [-0.05, 0) is 0 Å². The molecule has 0 unspecified atom stereocenters. The molecule has 0 atom stereocenters. The minimum atomic E-state index is -0.639. The molecule has 0 heterocycles. The van der Waals surface area contributed by atoms with Crippen LogP contribution in [0.4, 0.5) is 0 Å². The van der Waals surface area contributed by atoms with E-state index in [2.05, 4.69) is 0 Å². The van der Waals surface area contributed by atoms with Crippen molar-refractivity contribution in [3.8, 4) is 0 Å². The lowest BCUT2D eigenvalue weighted by Crippen LogP contribution is -1.36. The molecule has 0 aliphatic carbocycles. The molecule has 0 bridgehead atoms. The Kier molecular flexibility index (Phi) is 20.3. The summed E-state index contributed by atoms with van der Waals surface area (Å²) in [4.78, 5) is 0. The molecule has 0 saturated carbocycles. The largest absolute Gasteiger partial charge is 0.222 e. The van der Waals surface area contributed by atoms with E-state index < -0.39 is 8.14 Å². The zero-order valence-corrected chi connectivity index (χ0v) is 4.39. The minimum Gasteiger partial charge on any atom is -0.155 e. The van der Waals surface area contributed by atoms with Gasteiger partial charge in [-0.1, -0.05) is 7.43 Å². The summed E-state index contributed by atoms with van der Waals surface area (Å²) in [6.45, 7) is 0. The molecular weight excluding hydrogens is 111 g/mol. The predicted octanol–water partition coefficient (Wildman–Crippen LogP) is 1.10. The van der Waals surface area contributed by atoms with Crippen LogP contribution in [0.25, 0.3) is 0 Å². The normalized spacial score (nSPS) is 4.50. The fraction of sp³-hybridized carbons (Fsp3) is 1.00. The molecule has 0 amide bonds. The van der Waals surface area contributed by atoms with Gasteiger partial charge in [0.1, 0.15) is 0 Å². The summed E-state index contributed by atoms with van der Waals surface area (Å²) in [5.74, 6) is 0. The molecule has 0 aromatic carbocycles. The van der Waals surface area contributed by atoms with Crippen LogP contribution in [0.3, 0.4) is 0 Å². The third kappa shape index (κ3) is 14.2. The van der Waals surface area contributed by atoms with E-state index in [-0.39, 0.29) is 7.43 Å². The van der Waals surface area contributed by atoms with E-state index in [9.17, 15) is 0 Å². The van der Waals surface area contributed by atoms with Crippen molar-refractivity contribution in [3.63, 3.8) is 0 Å². The Hall–Kier alpha value is 0.797. The Morgan fingerprint density at radius 2 is 1.25 bits per heavy atom. The quantitative estimate of drug-likeness (QED) is 0.329. The van der Waals surface area contributed by atoms with E-state index in [1.165, 1.54) is 0 Å². The molecule has 3 heteroatoms. The molecule has 4 heavy (non-hydrogen) atoms. The predicted molar refractivity (Wildman–Crippen MR) is 27.0 cm³/mol. The Labute approximate surface area is 38.3 Å². The molecule has 0 fully saturated rings. The van der Waals surface area contributed by atoms with Gasteiger partial charge in [-0.2, -0.15) is 22.2 Å². The van der Waals surface area contributed by atoms with Crippen molar-refractivity contribution in [3.05, 3.63) is 0 Å². The molecule has 0 rings (SSSR count). The zero-order valence-electron chi connectivity index (χ0n) is 1.46. The van der Waals surface area contributed by atoms with Crippen LogP contribution in [0.5, 0.6) is 0 Å². The summed E-state index contributed by atoms with van der Waals surface area (Å²) in [7, 11) is -0.639. The van der Waals surface area contributed by atoms with Crippen molar-refractivity contribution >= 4 is 30.3 Å². The average Bonchev–Trinajstić information content (AvgIpc) is 0.918. The van der Waals surface area contributed by atoms with Gasteiger partial charge in [0.25, 0.3) is 0 Å². The highest BCUT2D eigenvalue weighted by atomic mass is 35.7. The minimum absolute atomic E-state index is 0. The Balaban J connectivity index is 0. The van der Waals surface area contributed by atoms with Crippen molar-refractivity contribution in [2.45, 2.75) is 7.43 Å². The van der Waals surface area contributed by atoms with Crippen LogP contribution >= 0.6 is 22.2 Å².